The van der Waals surface area contributed by atoms with E-state index in [2.05, 4.69) is 17.1 Å². The van der Waals surface area contributed by atoms with E-state index in [1.54, 1.807) is 24.4 Å². The van der Waals surface area contributed by atoms with Crippen LogP contribution in [0.5, 0.6) is 0 Å². The van der Waals surface area contributed by atoms with Crippen LogP contribution in [0.25, 0.3) is 22.4 Å². The standard InChI is InChI=1S/C18H9F2NO2.CO2/c19-14-4-5-15(16(20)10-14)11-7-12(9-13(8-11)18(22)23)17-3-1-2-6-21-17;2-1-3/h1-4,6,8-10H,(H,22,23);/q-2;. The zero-order valence-corrected chi connectivity index (χ0v) is 13.0. The van der Waals surface area contributed by atoms with Gasteiger partial charge in [-0.15, -0.1) is 17.7 Å². The average Bonchev–Trinajstić information content (AvgIpc) is 2.62. The van der Waals surface area contributed by atoms with Crippen LogP contribution in [0.2, 0.25) is 0 Å². The Morgan fingerprint density at radius 2 is 1.81 bits per heavy atom. The van der Waals surface area contributed by atoms with E-state index in [0.717, 1.165) is 6.07 Å². The topological polar surface area (TPSA) is 84.3 Å². The quantitative estimate of drug-likeness (QED) is 0.730. The first-order valence-electron chi connectivity index (χ1n) is 7.04. The number of aromatic carboxylic acids is 1. The molecule has 1 aromatic heterocycles. The van der Waals surface area contributed by atoms with Crippen LogP contribution >= 0.6 is 0 Å². The Bertz CT molecular complexity index is 969. The molecule has 2 aromatic carbocycles. The summed E-state index contributed by atoms with van der Waals surface area (Å²) in [5.41, 5.74) is 0.975. The van der Waals surface area contributed by atoms with Crippen LogP contribution in [-0.2, 0) is 9.59 Å². The molecule has 0 saturated heterocycles. The molecule has 0 unspecified atom stereocenters. The number of hydrogen-bond acceptors (Lipinski definition) is 4. The second kappa shape index (κ2) is 8.41. The van der Waals surface area contributed by atoms with Gasteiger partial charge in [-0.05, 0) is 11.6 Å². The number of pyridine rings is 1. The third kappa shape index (κ3) is 4.43. The first-order valence-corrected chi connectivity index (χ1v) is 7.04. The van der Waals surface area contributed by atoms with Crippen LogP contribution in [0.3, 0.4) is 0 Å². The van der Waals surface area contributed by atoms with Crippen molar-refractivity contribution in [1.82, 2.24) is 4.98 Å². The summed E-state index contributed by atoms with van der Waals surface area (Å²) in [4.78, 5) is 31.7. The highest BCUT2D eigenvalue weighted by atomic mass is 19.1. The molecule has 0 spiro atoms. The number of carboxylic acids is 1. The van der Waals surface area contributed by atoms with E-state index in [1.165, 1.54) is 12.1 Å². The molecule has 1 heterocycles. The van der Waals surface area contributed by atoms with Crippen molar-refractivity contribution in [2.24, 2.45) is 0 Å². The lowest BCUT2D eigenvalue weighted by Crippen LogP contribution is -1.99. The Balaban J connectivity index is 0.000000758. The van der Waals surface area contributed by atoms with Gasteiger partial charge in [0.15, 0.2) is 0 Å². The maximum Gasteiger partial charge on any atom is 0.373 e. The Kier molecular flexibility index (Phi) is 6.03. The first-order chi connectivity index (χ1) is 12.5. The van der Waals surface area contributed by atoms with Crippen LogP contribution in [0.1, 0.15) is 10.4 Å². The molecule has 5 nitrogen and oxygen atoms in total. The summed E-state index contributed by atoms with van der Waals surface area (Å²) in [6.07, 6.45) is 1.81. The maximum atomic E-state index is 13.9. The number of hydrogen-bond donors (Lipinski definition) is 1. The summed E-state index contributed by atoms with van der Waals surface area (Å²) in [5, 5.41) is 9.24. The highest BCUT2D eigenvalue weighted by molar-refractivity contribution is 5.91. The highest BCUT2D eigenvalue weighted by Gasteiger charge is 2.03. The van der Waals surface area contributed by atoms with Crippen LogP contribution in [0, 0.1) is 23.8 Å². The molecule has 0 aliphatic rings. The summed E-state index contributed by atoms with van der Waals surface area (Å²) in [5.74, 6) is -2.76. The third-order valence-electron chi connectivity index (χ3n) is 3.18. The monoisotopic (exact) mass is 353 g/mol. The van der Waals surface area contributed by atoms with Gasteiger partial charge in [-0.1, -0.05) is 18.2 Å². The lowest BCUT2D eigenvalue weighted by molar-refractivity contribution is -0.191. The minimum atomic E-state index is -1.17. The molecule has 0 atom stereocenters. The van der Waals surface area contributed by atoms with E-state index < -0.39 is 17.6 Å². The number of aromatic nitrogens is 1. The average molecular weight is 353 g/mol. The second-order valence-electron chi connectivity index (χ2n) is 4.84. The lowest BCUT2D eigenvalue weighted by Gasteiger charge is -2.21. The highest BCUT2D eigenvalue weighted by Crippen LogP contribution is 2.28. The lowest BCUT2D eigenvalue weighted by atomic mass is 9.97. The minimum absolute atomic E-state index is 0.0449. The molecular weight excluding hydrogens is 344 g/mol. The molecule has 0 aliphatic heterocycles. The van der Waals surface area contributed by atoms with Crippen molar-refractivity contribution in [3.8, 4) is 22.4 Å². The number of halogens is 2. The Morgan fingerprint density at radius 3 is 2.38 bits per heavy atom. The van der Waals surface area contributed by atoms with Gasteiger partial charge in [0.2, 0.25) is 0 Å². The van der Waals surface area contributed by atoms with Crippen molar-refractivity contribution in [2.75, 3.05) is 0 Å². The van der Waals surface area contributed by atoms with Crippen molar-refractivity contribution < 1.29 is 28.3 Å². The van der Waals surface area contributed by atoms with Gasteiger partial charge in [0.05, 0.1) is 0 Å². The normalized spacial score (nSPS) is 9.62. The van der Waals surface area contributed by atoms with Gasteiger partial charge < -0.3 is 5.11 Å². The number of nitrogens with zero attached hydrogens (tertiary/aromatic N) is 1. The van der Waals surface area contributed by atoms with E-state index in [0.29, 0.717) is 17.3 Å². The van der Waals surface area contributed by atoms with E-state index in [4.69, 9.17) is 9.59 Å². The molecule has 1 N–H and O–H groups in total. The number of rotatable bonds is 3. The van der Waals surface area contributed by atoms with Gasteiger partial charge >= 0.3 is 12.1 Å². The van der Waals surface area contributed by atoms with E-state index >= 15 is 0 Å². The summed E-state index contributed by atoms with van der Waals surface area (Å²) >= 11 is 0. The van der Waals surface area contributed by atoms with Gasteiger partial charge in [0.1, 0.15) is 0 Å². The van der Waals surface area contributed by atoms with Crippen molar-refractivity contribution in [2.45, 2.75) is 0 Å². The van der Waals surface area contributed by atoms with Crippen LogP contribution < -0.4 is 0 Å². The molecule has 0 fully saturated rings. The Hall–Kier alpha value is -3.70. The SMILES string of the molecule is O=C(O)c1cc(-c2ccccn2)[c-]c(-c2[c-]cc(F)cc2F)c1.O=C=O. The molecule has 0 aliphatic carbocycles. The molecule has 130 valence electrons. The smallest absolute Gasteiger partial charge is 0.373 e. The van der Waals surface area contributed by atoms with E-state index in [-0.39, 0.29) is 22.8 Å². The van der Waals surface area contributed by atoms with Crippen molar-refractivity contribution >= 4 is 12.1 Å². The molecule has 3 aromatic rings. The van der Waals surface area contributed by atoms with Crippen molar-refractivity contribution in [3.63, 3.8) is 0 Å². The predicted octanol–water partition coefficient (Wildman–Crippen LogP) is 3.41. The van der Waals surface area contributed by atoms with E-state index in [9.17, 15) is 18.7 Å². The summed E-state index contributed by atoms with van der Waals surface area (Å²) < 4.78 is 27.0. The molecule has 0 saturated carbocycles. The zero-order chi connectivity index (χ0) is 19.1. The fourth-order valence-electron chi connectivity index (χ4n) is 2.14. The molecule has 0 amide bonds. The Morgan fingerprint density at radius 1 is 1.12 bits per heavy atom. The van der Waals surface area contributed by atoms with Gasteiger partial charge in [-0.2, -0.15) is 38.9 Å². The van der Waals surface area contributed by atoms with Crippen molar-refractivity contribution in [1.29, 1.82) is 0 Å². The first kappa shape index (κ1) is 18.6. The predicted molar refractivity (Wildman–Crippen MR) is 84.7 cm³/mol. The largest absolute Gasteiger partial charge is 0.479 e. The summed E-state index contributed by atoms with van der Waals surface area (Å²) in [7, 11) is 0. The zero-order valence-electron chi connectivity index (χ0n) is 13.0. The molecule has 3 rings (SSSR count). The van der Waals surface area contributed by atoms with Crippen molar-refractivity contribution in [3.05, 3.63) is 78.0 Å². The van der Waals surface area contributed by atoms with E-state index in [1.807, 2.05) is 0 Å². The van der Waals surface area contributed by atoms with Gasteiger partial charge in [0.25, 0.3) is 0 Å². The molecule has 7 heteroatoms. The summed E-state index contributed by atoms with van der Waals surface area (Å²) in [6.45, 7) is 0. The third-order valence-corrected chi connectivity index (χ3v) is 3.18. The van der Waals surface area contributed by atoms with Crippen LogP contribution in [0.15, 0.2) is 48.7 Å². The number of carboxylic acid groups (broad SMARTS) is 1. The number of carbonyl (C=O) groups excluding carboxylic acids is 2. The Labute approximate surface area is 146 Å². The molecule has 0 bridgehead atoms. The fourth-order valence-corrected chi connectivity index (χ4v) is 2.14. The molecule has 26 heavy (non-hydrogen) atoms. The number of carbonyl (C=O) groups is 1. The summed E-state index contributed by atoms with van der Waals surface area (Å²) in [6, 6.07) is 14.9. The van der Waals surface area contributed by atoms with Gasteiger partial charge in [-0.25, -0.2) is 4.79 Å². The molecular formula is C19H9F2NO4-2. The second-order valence-corrected chi connectivity index (χ2v) is 4.84. The van der Waals surface area contributed by atoms with Gasteiger partial charge in [0, 0.05) is 23.5 Å². The van der Waals surface area contributed by atoms with Gasteiger partial charge in [-0.3, -0.25) is 13.8 Å². The minimum Gasteiger partial charge on any atom is -0.479 e. The van der Waals surface area contributed by atoms with Crippen LogP contribution in [0.4, 0.5) is 8.78 Å². The fraction of sp³-hybridized carbons (Fsp3) is 0. The molecule has 0 radical (unpaired) electrons. The van der Waals surface area contributed by atoms with Crippen LogP contribution in [-0.4, -0.2) is 22.2 Å². The maximum absolute atomic E-state index is 13.9. The number of benzene rings is 2.